The molecule has 5 nitrogen and oxygen atoms in total. The quantitative estimate of drug-likeness (QED) is 0.829. The Bertz CT molecular complexity index is 461. The minimum atomic E-state index is -0.846. The van der Waals surface area contributed by atoms with E-state index in [4.69, 9.17) is 16.7 Å². The number of aromatic nitrogens is 1. The zero-order valence-corrected chi connectivity index (χ0v) is 10.4. The van der Waals surface area contributed by atoms with Crippen molar-refractivity contribution in [3.63, 3.8) is 0 Å². The molecule has 0 aromatic carbocycles. The maximum atomic E-state index is 12.1. The van der Waals surface area contributed by atoms with Crippen molar-refractivity contribution in [2.75, 3.05) is 13.1 Å². The summed E-state index contributed by atoms with van der Waals surface area (Å²) >= 11 is 5.65. The molecule has 1 atom stereocenters. The smallest absolute Gasteiger partial charge is 0.308 e. The number of hydrogen-bond donors (Lipinski definition) is 1. The second kappa shape index (κ2) is 5.35. The fourth-order valence-corrected chi connectivity index (χ4v) is 2.16. The molecule has 0 saturated carbocycles. The Balaban J connectivity index is 2.09. The van der Waals surface area contributed by atoms with E-state index in [0.29, 0.717) is 30.1 Å². The van der Waals surface area contributed by atoms with Crippen LogP contribution in [0, 0.1) is 5.92 Å². The summed E-state index contributed by atoms with van der Waals surface area (Å²) < 4.78 is 0. The zero-order valence-electron chi connectivity index (χ0n) is 9.67. The Labute approximate surface area is 109 Å². The molecule has 0 bridgehead atoms. The summed E-state index contributed by atoms with van der Waals surface area (Å²) in [4.78, 5) is 28.5. The number of pyridine rings is 1. The van der Waals surface area contributed by atoms with Gasteiger partial charge >= 0.3 is 5.97 Å². The number of piperidine rings is 1. The van der Waals surface area contributed by atoms with E-state index in [2.05, 4.69) is 4.98 Å². The highest BCUT2D eigenvalue weighted by atomic mass is 35.5. The zero-order chi connectivity index (χ0) is 13.1. The molecule has 1 fully saturated rings. The van der Waals surface area contributed by atoms with Crippen LogP contribution in [0.3, 0.4) is 0 Å². The van der Waals surface area contributed by atoms with Crippen molar-refractivity contribution in [2.24, 2.45) is 5.92 Å². The number of hydrogen-bond acceptors (Lipinski definition) is 3. The summed E-state index contributed by atoms with van der Waals surface area (Å²) in [5.41, 5.74) is 0.436. The van der Waals surface area contributed by atoms with Gasteiger partial charge in [0.05, 0.1) is 11.5 Å². The highest BCUT2D eigenvalue weighted by molar-refractivity contribution is 6.29. The van der Waals surface area contributed by atoms with Crippen LogP contribution in [-0.4, -0.2) is 40.0 Å². The maximum absolute atomic E-state index is 12.1. The van der Waals surface area contributed by atoms with Crippen molar-refractivity contribution in [2.45, 2.75) is 12.8 Å². The first-order chi connectivity index (χ1) is 8.58. The van der Waals surface area contributed by atoms with E-state index in [1.807, 2.05) is 0 Å². The van der Waals surface area contributed by atoms with Gasteiger partial charge in [-0.25, -0.2) is 4.98 Å². The average molecular weight is 269 g/mol. The normalized spacial score (nSPS) is 19.6. The summed E-state index contributed by atoms with van der Waals surface area (Å²) in [5, 5.41) is 9.30. The highest BCUT2D eigenvalue weighted by Crippen LogP contribution is 2.19. The van der Waals surface area contributed by atoms with Crippen LogP contribution in [0.2, 0.25) is 5.15 Å². The molecule has 1 N–H and O–H groups in total. The lowest BCUT2D eigenvalue weighted by Gasteiger charge is -2.30. The van der Waals surface area contributed by atoms with E-state index >= 15 is 0 Å². The van der Waals surface area contributed by atoms with E-state index in [-0.39, 0.29) is 12.5 Å². The lowest BCUT2D eigenvalue weighted by molar-refractivity contribution is -0.143. The molecule has 0 radical (unpaired) electrons. The van der Waals surface area contributed by atoms with Gasteiger partial charge < -0.3 is 10.0 Å². The summed E-state index contributed by atoms with van der Waals surface area (Å²) in [6.07, 6.45) is 2.75. The maximum Gasteiger partial charge on any atom is 0.308 e. The number of carboxylic acid groups (broad SMARTS) is 1. The Kier molecular flexibility index (Phi) is 3.81. The third-order valence-corrected chi connectivity index (χ3v) is 3.26. The van der Waals surface area contributed by atoms with Crippen LogP contribution in [0.4, 0.5) is 0 Å². The molecule has 1 aromatic rings. The predicted molar refractivity (Wildman–Crippen MR) is 65.5 cm³/mol. The third kappa shape index (κ3) is 2.79. The van der Waals surface area contributed by atoms with E-state index < -0.39 is 11.9 Å². The molecule has 96 valence electrons. The van der Waals surface area contributed by atoms with Crippen LogP contribution < -0.4 is 0 Å². The van der Waals surface area contributed by atoms with Gasteiger partial charge in [0.25, 0.3) is 5.91 Å². The Hall–Kier alpha value is -1.62. The van der Waals surface area contributed by atoms with Crippen molar-refractivity contribution in [3.05, 3.63) is 29.0 Å². The van der Waals surface area contributed by atoms with Gasteiger partial charge in [-0.05, 0) is 25.0 Å². The minimum absolute atomic E-state index is 0.190. The molecule has 1 unspecified atom stereocenters. The van der Waals surface area contributed by atoms with E-state index in [1.165, 1.54) is 6.20 Å². The van der Waals surface area contributed by atoms with Crippen molar-refractivity contribution in [3.8, 4) is 0 Å². The average Bonchev–Trinajstić information content (AvgIpc) is 2.39. The Morgan fingerprint density at radius 1 is 1.44 bits per heavy atom. The first-order valence-corrected chi connectivity index (χ1v) is 6.09. The van der Waals surface area contributed by atoms with E-state index in [9.17, 15) is 9.59 Å². The Morgan fingerprint density at radius 3 is 2.83 bits per heavy atom. The third-order valence-electron chi connectivity index (χ3n) is 3.03. The van der Waals surface area contributed by atoms with Crippen LogP contribution >= 0.6 is 11.6 Å². The molecule has 0 aliphatic carbocycles. The molecular formula is C12H13ClN2O3. The van der Waals surface area contributed by atoms with Gasteiger partial charge in [-0.2, -0.15) is 0 Å². The number of carbonyl (C=O) groups excluding carboxylic acids is 1. The Morgan fingerprint density at radius 2 is 2.22 bits per heavy atom. The number of aliphatic carboxylic acids is 1. The van der Waals surface area contributed by atoms with Crippen molar-refractivity contribution in [1.29, 1.82) is 0 Å². The molecule has 2 heterocycles. The van der Waals surface area contributed by atoms with Gasteiger partial charge in [0, 0.05) is 19.3 Å². The standard InChI is InChI=1S/C12H13ClN2O3/c13-10-4-3-8(6-14-10)11(16)15-5-1-2-9(7-15)12(17)18/h3-4,6,9H,1-2,5,7H2,(H,17,18). The van der Waals surface area contributed by atoms with Crippen LogP contribution in [0.5, 0.6) is 0 Å². The van der Waals surface area contributed by atoms with Crippen LogP contribution in [0.15, 0.2) is 18.3 Å². The molecule has 18 heavy (non-hydrogen) atoms. The van der Waals surface area contributed by atoms with Gasteiger partial charge in [0.1, 0.15) is 5.15 Å². The monoisotopic (exact) mass is 268 g/mol. The molecule has 6 heteroatoms. The van der Waals surface area contributed by atoms with E-state index in [1.54, 1.807) is 17.0 Å². The van der Waals surface area contributed by atoms with Gasteiger partial charge in [-0.15, -0.1) is 0 Å². The first-order valence-electron chi connectivity index (χ1n) is 5.71. The number of rotatable bonds is 2. The number of amides is 1. The van der Waals surface area contributed by atoms with E-state index in [0.717, 1.165) is 0 Å². The molecule has 1 saturated heterocycles. The molecule has 1 aromatic heterocycles. The van der Waals surface area contributed by atoms with Gasteiger partial charge in [-0.1, -0.05) is 11.6 Å². The molecule has 0 spiro atoms. The van der Waals surface area contributed by atoms with Crippen LogP contribution in [0.1, 0.15) is 23.2 Å². The molecular weight excluding hydrogens is 256 g/mol. The summed E-state index contributed by atoms with van der Waals surface area (Å²) in [6.45, 7) is 0.849. The minimum Gasteiger partial charge on any atom is -0.481 e. The number of nitrogens with zero attached hydrogens (tertiary/aromatic N) is 2. The predicted octanol–water partition coefficient (Wildman–Crippen LogP) is 1.67. The van der Waals surface area contributed by atoms with Crippen LogP contribution in [0.25, 0.3) is 0 Å². The topological polar surface area (TPSA) is 70.5 Å². The van der Waals surface area contributed by atoms with Crippen molar-refractivity contribution in [1.82, 2.24) is 9.88 Å². The number of carboxylic acids is 1. The largest absolute Gasteiger partial charge is 0.481 e. The SMILES string of the molecule is O=C(O)C1CCCN(C(=O)c2ccc(Cl)nc2)C1. The summed E-state index contributed by atoms with van der Waals surface area (Å²) in [7, 11) is 0. The van der Waals surface area contributed by atoms with Gasteiger partial charge in [0.15, 0.2) is 0 Å². The number of halogens is 1. The number of likely N-dealkylation sites (tertiary alicyclic amines) is 1. The lowest BCUT2D eigenvalue weighted by atomic mass is 9.98. The summed E-state index contributed by atoms with van der Waals surface area (Å²) in [6, 6.07) is 3.15. The molecule has 1 aliphatic rings. The molecule has 1 amide bonds. The van der Waals surface area contributed by atoms with Gasteiger partial charge in [-0.3, -0.25) is 9.59 Å². The molecule has 2 rings (SSSR count). The lowest BCUT2D eigenvalue weighted by Crippen LogP contribution is -2.42. The van der Waals surface area contributed by atoms with Gasteiger partial charge in [0.2, 0.25) is 0 Å². The van der Waals surface area contributed by atoms with Crippen molar-refractivity contribution < 1.29 is 14.7 Å². The fourth-order valence-electron chi connectivity index (χ4n) is 2.05. The molecule has 1 aliphatic heterocycles. The number of carbonyl (C=O) groups is 2. The second-order valence-electron chi connectivity index (χ2n) is 4.30. The fraction of sp³-hybridized carbons (Fsp3) is 0.417. The van der Waals surface area contributed by atoms with Crippen molar-refractivity contribution >= 4 is 23.5 Å². The highest BCUT2D eigenvalue weighted by Gasteiger charge is 2.28. The van der Waals surface area contributed by atoms with Crippen LogP contribution in [-0.2, 0) is 4.79 Å². The summed E-state index contributed by atoms with van der Waals surface area (Å²) in [5.74, 6) is -1.50. The second-order valence-corrected chi connectivity index (χ2v) is 4.69. The first kappa shape index (κ1) is 12.8.